The van der Waals surface area contributed by atoms with Gasteiger partial charge in [-0.3, -0.25) is 4.79 Å². The Morgan fingerprint density at radius 2 is 1.62 bits per heavy atom. The van der Waals surface area contributed by atoms with Crippen molar-refractivity contribution in [2.24, 2.45) is 0 Å². The molecule has 3 N–H and O–H groups in total. The third-order valence-electron chi connectivity index (χ3n) is 4.71. The molecule has 0 aromatic heterocycles. The first kappa shape index (κ1) is 26.8. The lowest BCUT2D eigenvalue weighted by Crippen LogP contribution is -2.44. The summed E-state index contributed by atoms with van der Waals surface area (Å²) in [7, 11) is -2.55. The second kappa shape index (κ2) is 13.3. The standard InChI is InChI=1S/C23H28N2O8S/c1-32-22(28)20(12-13-34(30,31)19-10-6-3-7-11-19)25-21(27)14-18(26)15-24-23(29)33-16-17-8-4-2-5-9-17/h2-11,18,20,26H,12-16H2,1H3,(H,24,29)(H,25,27)/t18-,20-/m1/s1. The van der Waals surface area contributed by atoms with Crippen LogP contribution in [0.5, 0.6) is 0 Å². The Labute approximate surface area is 198 Å². The molecule has 11 heteroatoms. The first-order valence-corrected chi connectivity index (χ1v) is 12.1. The third-order valence-corrected chi connectivity index (χ3v) is 6.48. The van der Waals surface area contributed by atoms with Crippen molar-refractivity contribution >= 4 is 27.8 Å². The van der Waals surface area contributed by atoms with Crippen LogP contribution in [0.15, 0.2) is 65.6 Å². The first-order valence-electron chi connectivity index (χ1n) is 10.5. The van der Waals surface area contributed by atoms with Crippen LogP contribution in [0.25, 0.3) is 0 Å². The number of alkyl carbamates (subject to hydrolysis) is 1. The maximum absolute atomic E-state index is 12.4. The van der Waals surface area contributed by atoms with E-state index in [1.165, 1.54) is 12.1 Å². The molecule has 10 nitrogen and oxygen atoms in total. The molecule has 0 unspecified atom stereocenters. The number of hydrogen-bond acceptors (Lipinski definition) is 8. The number of rotatable bonds is 12. The minimum absolute atomic E-state index is 0.0515. The Kier molecular flexibility index (Phi) is 10.5. The summed E-state index contributed by atoms with van der Waals surface area (Å²) >= 11 is 0. The number of benzene rings is 2. The molecule has 0 saturated carbocycles. The number of aliphatic hydroxyl groups is 1. The number of carbonyl (C=O) groups is 3. The van der Waals surface area contributed by atoms with Crippen molar-refractivity contribution in [2.45, 2.75) is 36.5 Å². The van der Waals surface area contributed by atoms with Gasteiger partial charge in [0.2, 0.25) is 5.91 Å². The molecular formula is C23H28N2O8S. The Bertz CT molecular complexity index is 1050. The van der Waals surface area contributed by atoms with Gasteiger partial charge in [-0.05, 0) is 24.1 Å². The Hall–Kier alpha value is -3.44. The van der Waals surface area contributed by atoms with Crippen molar-refractivity contribution in [2.75, 3.05) is 19.4 Å². The summed E-state index contributed by atoms with van der Waals surface area (Å²) in [6.07, 6.45) is -2.66. The zero-order chi connectivity index (χ0) is 25.0. The highest BCUT2D eigenvalue weighted by atomic mass is 32.2. The van der Waals surface area contributed by atoms with Gasteiger partial charge in [-0.2, -0.15) is 0 Å². The molecule has 2 atom stereocenters. The molecule has 2 aromatic carbocycles. The molecule has 0 radical (unpaired) electrons. The van der Waals surface area contributed by atoms with Crippen LogP contribution in [0.2, 0.25) is 0 Å². The zero-order valence-electron chi connectivity index (χ0n) is 18.7. The second-order valence-corrected chi connectivity index (χ2v) is 9.47. The van der Waals surface area contributed by atoms with Gasteiger partial charge in [-0.15, -0.1) is 0 Å². The zero-order valence-corrected chi connectivity index (χ0v) is 19.5. The fraction of sp³-hybridized carbons (Fsp3) is 0.348. The van der Waals surface area contributed by atoms with Gasteiger partial charge in [-0.1, -0.05) is 48.5 Å². The normalized spacial score (nSPS) is 12.8. The molecule has 0 spiro atoms. The van der Waals surface area contributed by atoms with Crippen molar-refractivity contribution in [3.63, 3.8) is 0 Å². The molecule has 0 aliphatic rings. The lowest BCUT2D eigenvalue weighted by Gasteiger charge is -2.18. The largest absolute Gasteiger partial charge is 0.467 e. The highest BCUT2D eigenvalue weighted by molar-refractivity contribution is 7.91. The van der Waals surface area contributed by atoms with E-state index in [9.17, 15) is 27.9 Å². The van der Waals surface area contributed by atoms with Crippen LogP contribution in [0.3, 0.4) is 0 Å². The van der Waals surface area contributed by atoms with Crippen molar-refractivity contribution in [1.82, 2.24) is 10.6 Å². The monoisotopic (exact) mass is 492 g/mol. The van der Waals surface area contributed by atoms with Crippen LogP contribution in [-0.2, 0) is 35.5 Å². The van der Waals surface area contributed by atoms with E-state index < -0.39 is 52.1 Å². The Morgan fingerprint density at radius 3 is 2.24 bits per heavy atom. The molecule has 0 aliphatic carbocycles. The molecule has 0 fully saturated rings. The Balaban J connectivity index is 1.79. The van der Waals surface area contributed by atoms with Crippen LogP contribution in [0.4, 0.5) is 4.79 Å². The summed E-state index contributed by atoms with van der Waals surface area (Å²) in [6, 6.07) is 15.5. The van der Waals surface area contributed by atoms with E-state index in [1.807, 2.05) is 6.07 Å². The summed E-state index contributed by atoms with van der Waals surface area (Å²) in [5.74, 6) is -1.91. The predicted molar refractivity (Wildman–Crippen MR) is 122 cm³/mol. The smallest absolute Gasteiger partial charge is 0.407 e. The lowest BCUT2D eigenvalue weighted by molar-refractivity contribution is -0.145. The van der Waals surface area contributed by atoms with Crippen LogP contribution >= 0.6 is 0 Å². The molecular weight excluding hydrogens is 464 g/mol. The molecule has 34 heavy (non-hydrogen) atoms. The molecule has 0 bridgehead atoms. The summed E-state index contributed by atoms with van der Waals surface area (Å²) in [5.41, 5.74) is 0.792. The maximum atomic E-state index is 12.4. The van der Waals surface area contributed by atoms with Crippen LogP contribution in [0, 0.1) is 0 Å². The predicted octanol–water partition coefficient (Wildman–Crippen LogP) is 1.19. The summed E-state index contributed by atoms with van der Waals surface area (Å²) in [4.78, 5) is 36.1. The highest BCUT2D eigenvalue weighted by Crippen LogP contribution is 2.12. The average Bonchev–Trinajstić information content (AvgIpc) is 2.84. The van der Waals surface area contributed by atoms with E-state index in [4.69, 9.17) is 4.74 Å². The summed E-state index contributed by atoms with van der Waals surface area (Å²) in [6.45, 7) is -0.206. The number of amides is 2. The van der Waals surface area contributed by atoms with Crippen LogP contribution < -0.4 is 10.6 Å². The van der Waals surface area contributed by atoms with Gasteiger partial charge >= 0.3 is 12.1 Å². The number of ether oxygens (including phenoxy) is 2. The third kappa shape index (κ3) is 9.20. The van der Waals surface area contributed by atoms with Gasteiger partial charge in [0.15, 0.2) is 9.84 Å². The number of aliphatic hydroxyl groups excluding tert-OH is 1. The quantitative estimate of drug-likeness (QED) is 0.374. The summed E-state index contributed by atoms with van der Waals surface area (Å²) < 4.78 is 34.6. The number of hydrogen-bond donors (Lipinski definition) is 3. The number of carbonyl (C=O) groups excluding carboxylic acids is 3. The minimum atomic E-state index is -3.67. The fourth-order valence-electron chi connectivity index (χ4n) is 2.92. The molecule has 2 amide bonds. The van der Waals surface area contributed by atoms with Crippen LogP contribution in [-0.4, -0.2) is 63.0 Å². The van der Waals surface area contributed by atoms with Gasteiger partial charge in [0.05, 0.1) is 30.3 Å². The van der Waals surface area contributed by atoms with Crippen molar-refractivity contribution < 1.29 is 37.4 Å². The molecule has 2 aromatic rings. The molecule has 0 saturated heterocycles. The van der Waals surface area contributed by atoms with Gasteiger partial charge in [-0.25, -0.2) is 18.0 Å². The highest BCUT2D eigenvalue weighted by Gasteiger charge is 2.26. The van der Waals surface area contributed by atoms with Gasteiger partial charge in [0, 0.05) is 6.54 Å². The molecule has 0 aliphatic heterocycles. The van der Waals surface area contributed by atoms with E-state index in [-0.39, 0.29) is 24.5 Å². The molecule has 2 rings (SSSR count). The number of methoxy groups -OCH3 is 1. The van der Waals surface area contributed by atoms with E-state index in [1.54, 1.807) is 42.5 Å². The summed E-state index contributed by atoms with van der Waals surface area (Å²) in [5, 5.41) is 14.7. The fourth-order valence-corrected chi connectivity index (χ4v) is 4.28. The van der Waals surface area contributed by atoms with Crippen molar-refractivity contribution in [1.29, 1.82) is 0 Å². The first-order chi connectivity index (χ1) is 16.2. The van der Waals surface area contributed by atoms with Crippen LogP contribution in [0.1, 0.15) is 18.4 Å². The molecule has 0 heterocycles. The second-order valence-electron chi connectivity index (χ2n) is 7.36. The van der Waals surface area contributed by atoms with Gasteiger partial charge in [0.25, 0.3) is 0 Å². The van der Waals surface area contributed by atoms with Crippen molar-refractivity contribution in [3.8, 4) is 0 Å². The van der Waals surface area contributed by atoms with Gasteiger partial charge < -0.3 is 25.2 Å². The maximum Gasteiger partial charge on any atom is 0.407 e. The minimum Gasteiger partial charge on any atom is -0.467 e. The van der Waals surface area contributed by atoms with E-state index in [2.05, 4.69) is 15.4 Å². The van der Waals surface area contributed by atoms with E-state index >= 15 is 0 Å². The lowest BCUT2D eigenvalue weighted by atomic mass is 10.2. The average molecular weight is 493 g/mol. The number of sulfone groups is 1. The van der Waals surface area contributed by atoms with Crippen molar-refractivity contribution in [3.05, 3.63) is 66.2 Å². The van der Waals surface area contributed by atoms with E-state index in [0.717, 1.165) is 12.7 Å². The Morgan fingerprint density at radius 1 is 1.00 bits per heavy atom. The number of nitrogens with one attached hydrogen (secondary N) is 2. The number of esters is 1. The van der Waals surface area contributed by atoms with Gasteiger partial charge in [0.1, 0.15) is 12.6 Å². The topological polar surface area (TPSA) is 148 Å². The SMILES string of the molecule is COC(=O)[C@@H](CCS(=O)(=O)c1ccccc1)NC(=O)C[C@@H](O)CNC(=O)OCc1ccccc1. The molecule has 184 valence electrons. The van der Waals surface area contributed by atoms with E-state index in [0.29, 0.717) is 0 Å².